The molecule has 0 spiro atoms. The van der Waals surface area contributed by atoms with Crippen molar-refractivity contribution in [2.45, 2.75) is 13.8 Å². The lowest BCUT2D eigenvalue weighted by atomic mass is 10.0. The molecular formula is C74H60N2Si2. The average Bonchev–Trinajstić information content (AvgIpc) is 3.61. The van der Waals surface area contributed by atoms with Crippen molar-refractivity contribution in [3.05, 3.63) is 339 Å². The van der Waals surface area contributed by atoms with Gasteiger partial charge < -0.3 is 9.80 Å². The number of anilines is 6. The van der Waals surface area contributed by atoms with E-state index >= 15 is 0 Å². The predicted molar refractivity (Wildman–Crippen MR) is 338 cm³/mol. The highest BCUT2D eigenvalue weighted by Gasteiger charge is 2.42. The first-order valence-electron chi connectivity index (χ1n) is 27.0. The van der Waals surface area contributed by atoms with E-state index in [1.165, 1.54) is 52.6 Å². The molecule has 12 aromatic rings. The van der Waals surface area contributed by atoms with Gasteiger partial charge in [-0.15, -0.1) is 0 Å². The zero-order chi connectivity index (χ0) is 52.7. The minimum atomic E-state index is -2.69. The molecule has 0 aliphatic carbocycles. The summed E-state index contributed by atoms with van der Waals surface area (Å²) in [5.74, 6) is 0. The molecule has 0 atom stereocenters. The SMILES string of the molecule is Cc1ccc(N(c2ccc(-c3ccc(N(c4ccc(C)cc4)c4ccc([Si](c5ccccc5)(c5ccccc5)c5ccccc5)cc4)cc3)cc2)c2ccc([Si](c3ccccc3)(c3ccccc3)c3ccccc3)cc2)cc1. The Bertz CT molecular complexity index is 3390. The summed E-state index contributed by atoms with van der Waals surface area (Å²) >= 11 is 0. The Morgan fingerprint density at radius 2 is 0.346 bits per heavy atom. The fourth-order valence-electron chi connectivity index (χ4n) is 11.7. The second-order valence-corrected chi connectivity index (χ2v) is 27.8. The first-order chi connectivity index (χ1) is 38.5. The number of hydrogen-bond donors (Lipinski definition) is 0. The summed E-state index contributed by atoms with van der Waals surface area (Å²) in [6.45, 7) is 4.30. The summed E-state index contributed by atoms with van der Waals surface area (Å²) in [6.07, 6.45) is 0. The highest BCUT2D eigenvalue weighted by Crippen LogP contribution is 2.38. The molecule has 0 saturated carbocycles. The lowest BCUT2D eigenvalue weighted by Crippen LogP contribution is -2.74. The summed E-state index contributed by atoms with van der Waals surface area (Å²) in [5, 5.41) is 10.9. The fraction of sp³-hybridized carbons (Fsp3) is 0.0270. The van der Waals surface area contributed by atoms with Gasteiger partial charge in [0.1, 0.15) is 0 Å². The van der Waals surface area contributed by atoms with E-state index in [1.807, 2.05) is 0 Å². The Hall–Kier alpha value is -9.33. The van der Waals surface area contributed by atoms with Gasteiger partial charge in [0.05, 0.1) is 0 Å². The van der Waals surface area contributed by atoms with Gasteiger partial charge in [-0.25, -0.2) is 0 Å². The van der Waals surface area contributed by atoms with Gasteiger partial charge in [-0.3, -0.25) is 0 Å². The maximum atomic E-state index is 2.38. The van der Waals surface area contributed by atoms with Crippen LogP contribution in [0.1, 0.15) is 11.1 Å². The van der Waals surface area contributed by atoms with Crippen molar-refractivity contribution in [2.75, 3.05) is 9.80 Å². The quantitative estimate of drug-likeness (QED) is 0.0746. The molecule has 0 aliphatic rings. The first-order valence-corrected chi connectivity index (χ1v) is 31.0. The maximum Gasteiger partial charge on any atom is 0.179 e. The molecule has 0 aromatic heterocycles. The van der Waals surface area contributed by atoms with Crippen molar-refractivity contribution in [1.29, 1.82) is 0 Å². The lowest BCUT2D eigenvalue weighted by molar-refractivity contribution is 1.27. The maximum absolute atomic E-state index is 2.69. The second kappa shape index (κ2) is 22.1. The van der Waals surface area contributed by atoms with Crippen LogP contribution in [0.2, 0.25) is 0 Å². The molecule has 0 heterocycles. The monoisotopic (exact) mass is 1030 g/mol. The number of aryl methyl sites for hydroxylation is 2. The predicted octanol–water partition coefficient (Wildman–Crippen LogP) is 13.7. The van der Waals surface area contributed by atoms with E-state index in [-0.39, 0.29) is 0 Å². The first kappa shape index (κ1) is 49.5. The van der Waals surface area contributed by atoms with E-state index in [0.717, 1.165) is 45.3 Å². The van der Waals surface area contributed by atoms with E-state index in [2.05, 4.69) is 351 Å². The molecule has 0 aliphatic heterocycles. The van der Waals surface area contributed by atoms with Crippen LogP contribution < -0.4 is 51.3 Å². The molecule has 0 unspecified atom stereocenters. The van der Waals surface area contributed by atoms with Crippen molar-refractivity contribution in [3.8, 4) is 11.1 Å². The van der Waals surface area contributed by atoms with Crippen molar-refractivity contribution in [1.82, 2.24) is 0 Å². The van der Waals surface area contributed by atoms with Crippen molar-refractivity contribution >= 4 is 91.8 Å². The molecule has 0 amide bonds. The van der Waals surface area contributed by atoms with Crippen LogP contribution >= 0.6 is 0 Å². The van der Waals surface area contributed by atoms with Crippen molar-refractivity contribution in [3.63, 3.8) is 0 Å². The molecule has 0 saturated heterocycles. The number of nitrogens with zero attached hydrogens (tertiary/aromatic N) is 2. The van der Waals surface area contributed by atoms with Crippen LogP contribution in [0, 0.1) is 13.8 Å². The summed E-state index contributed by atoms with van der Waals surface area (Å²) in [4.78, 5) is 4.76. The topological polar surface area (TPSA) is 6.48 Å². The minimum absolute atomic E-state index is 1.09. The Balaban J connectivity index is 0.886. The van der Waals surface area contributed by atoms with Gasteiger partial charge >= 0.3 is 0 Å². The van der Waals surface area contributed by atoms with Gasteiger partial charge in [0.2, 0.25) is 0 Å². The average molecular weight is 1030 g/mol. The normalized spacial score (nSPS) is 11.5. The standard InChI is InChI=1S/C74H60N2Si2/c1-57-33-41-61(42-34-57)75(65-49-53-73(54-50-65)77(67-21-9-3-10-22-67,68-23-11-4-12-24-68)69-25-13-5-14-26-69)63-45-37-59(38-46-63)60-39-47-64(48-40-60)76(62-43-35-58(2)36-44-62)66-51-55-74(56-52-66)78(70-27-15-6-16-28-70,71-29-17-7-18-30-71)72-31-19-8-20-32-72/h3-56H,1-2H3. The smallest absolute Gasteiger partial charge is 0.179 e. The fourth-order valence-corrected chi connectivity index (χ4v) is 21.2. The molecule has 0 N–H and O–H groups in total. The van der Waals surface area contributed by atoms with Crippen molar-refractivity contribution < 1.29 is 0 Å². The Labute approximate surface area is 462 Å². The van der Waals surface area contributed by atoms with E-state index < -0.39 is 16.1 Å². The van der Waals surface area contributed by atoms with Crippen molar-refractivity contribution in [2.24, 2.45) is 0 Å². The number of hydrogen-bond acceptors (Lipinski definition) is 2. The van der Waals surface area contributed by atoms with Crippen LogP contribution in [0.5, 0.6) is 0 Å². The second-order valence-electron chi connectivity index (χ2n) is 20.2. The molecule has 0 bridgehead atoms. The van der Waals surface area contributed by atoms with Crippen LogP contribution in [0.4, 0.5) is 34.1 Å². The molecule has 78 heavy (non-hydrogen) atoms. The van der Waals surface area contributed by atoms with Gasteiger partial charge in [-0.1, -0.05) is 266 Å². The Morgan fingerprint density at radius 1 is 0.179 bits per heavy atom. The van der Waals surface area contributed by atoms with E-state index in [9.17, 15) is 0 Å². The highest BCUT2D eigenvalue weighted by molar-refractivity contribution is 7.20. The van der Waals surface area contributed by atoms with Gasteiger partial charge in [-0.2, -0.15) is 0 Å². The summed E-state index contributed by atoms with van der Waals surface area (Å²) in [6, 6.07) is 121. The van der Waals surface area contributed by atoms with E-state index in [4.69, 9.17) is 0 Å². The Morgan fingerprint density at radius 3 is 0.551 bits per heavy atom. The van der Waals surface area contributed by atoms with Crippen LogP contribution in [-0.4, -0.2) is 16.1 Å². The van der Waals surface area contributed by atoms with Gasteiger partial charge in [-0.05, 0) is 139 Å². The highest BCUT2D eigenvalue weighted by atomic mass is 28.3. The van der Waals surface area contributed by atoms with Gasteiger partial charge in [0.15, 0.2) is 16.1 Å². The van der Waals surface area contributed by atoms with Gasteiger partial charge in [0.25, 0.3) is 0 Å². The molecule has 12 aromatic carbocycles. The molecule has 0 radical (unpaired) electrons. The third kappa shape index (κ3) is 9.43. The van der Waals surface area contributed by atoms with Crippen LogP contribution in [0.15, 0.2) is 328 Å². The third-order valence-corrected chi connectivity index (χ3v) is 25.1. The summed E-state index contributed by atoms with van der Waals surface area (Å²) in [7, 11) is -5.37. The molecule has 374 valence electrons. The zero-order valence-corrected chi connectivity index (χ0v) is 46.1. The van der Waals surface area contributed by atoms with E-state index in [1.54, 1.807) is 0 Å². The summed E-state index contributed by atoms with van der Waals surface area (Å²) in [5.41, 5.74) is 11.4. The van der Waals surface area contributed by atoms with E-state index in [0.29, 0.717) is 0 Å². The van der Waals surface area contributed by atoms with Crippen LogP contribution in [-0.2, 0) is 0 Å². The molecule has 0 fully saturated rings. The zero-order valence-electron chi connectivity index (χ0n) is 44.1. The largest absolute Gasteiger partial charge is 0.311 e. The molecular weight excluding hydrogens is 973 g/mol. The van der Waals surface area contributed by atoms with Gasteiger partial charge in [0, 0.05) is 34.1 Å². The molecule has 12 rings (SSSR count). The molecule has 2 nitrogen and oxygen atoms in total. The third-order valence-electron chi connectivity index (χ3n) is 15.5. The van der Waals surface area contributed by atoms with Crippen LogP contribution in [0.3, 0.4) is 0 Å². The summed E-state index contributed by atoms with van der Waals surface area (Å²) < 4.78 is 0. The Kier molecular flexibility index (Phi) is 14.0. The minimum Gasteiger partial charge on any atom is -0.311 e. The lowest BCUT2D eigenvalue weighted by Gasteiger charge is -2.35. The molecule has 4 heteroatoms. The van der Waals surface area contributed by atoms with Crippen LogP contribution in [0.25, 0.3) is 11.1 Å². The number of rotatable bonds is 15. The number of benzene rings is 12.